The molecule has 0 saturated heterocycles. The maximum atomic E-state index is 13.1. The molecule has 0 amide bonds. The molecule has 0 aliphatic rings. The summed E-state index contributed by atoms with van der Waals surface area (Å²) >= 11 is 0. The normalized spacial score (nSPS) is 11.6. The van der Waals surface area contributed by atoms with E-state index < -0.39 is 10.0 Å². The van der Waals surface area contributed by atoms with E-state index in [1.165, 1.54) is 24.3 Å². The van der Waals surface area contributed by atoms with Crippen molar-refractivity contribution >= 4 is 10.0 Å². The van der Waals surface area contributed by atoms with Gasteiger partial charge in [-0.15, -0.1) is 0 Å². The summed E-state index contributed by atoms with van der Waals surface area (Å²) in [5.74, 6) is -0.319. The fraction of sp³-hybridized carbons (Fsp3) is 0.0625. The Morgan fingerprint density at radius 2 is 1.57 bits per heavy atom. The number of H-pyrrole nitrogens is 1. The Morgan fingerprint density at radius 1 is 1.00 bits per heavy atom. The third kappa shape index (κ3) is 3.01. The summed E-state index contributed by atoms with van der Waals surface area (Å²) in [4.78, 5) is 0.0470. The van der Waals surface area contributed by atoms with Gasteiger partial charge >= 0.3 is 0 Å². The van der Waals surface area contributed by atoms with E-state index in [1.807, 2.05) is 6.92 Å². The number of rotatable bonds is 3. The van der Waals surface area contributed by atoms with Gasteiger partial charge in [0.1, 0.15) is 11.5 Å². The lowest BCUT2D eigenvalue weighted by Gasteiger charge is -2.06. The highest BCUT2D eigenvalue weighted by Crippen LogP contribution is 2.33. The van der Waals surface area contributed by atoms with E-state index in [1.54, 1.807) is 24.3 Å². The Hall–Kier alpha value is -2.51. The van der Waals surface area contributed by atoms with Crippen molar-refractivity contribution in [2.75, 3.05) is 0 Å². The first kappa shape index (κ1) is 15.4. The number of nitrogens with zero attached hydrogens (tertiary/aromatic N) is 1. The van der Waals surface area contributed by atoms with Crippen LogP contribution in [0.25, 0.3) is 22.4 Å². The number of aryl methyl sites for hydroxylation is 1. The molecule has 7 heteroatoms. The molecule has 3 rings (SSSR count). The van der Waals surface area contributed by atoms with Gasteiger partial charge in [-0.25, -0.2) is 17.9 Å². The van der Waals surface area contributed by atoms with Crippen LogP contribution in [-0.4, -0.2) is 18.6 Å². The minimum absolute atomic E-state index is 0.0470. The number of benzene rings is 2. The van der Waals surface area contributed by atoms with Crippen LogP contribution in [0.2, 0.25) is 0 Å². The summed E-state index contributed by atoms with van der Waals surface area (Å²) in [6, 6.07) is 12.3. The minimum atomic E-state index is -3.73. The third-order valence-corrected chi connectivity index (χ3v) is 4.47. The quantitative estimate of drug-likeness (QED) is 0.773. The van der Waals surface area contributed by atoms with Gasteiger partial charge in [0.25, 0.3) is 0 Å². The van der Waals surface area contributed by atoms with E-state index in [4.69, 9.17) is 5.14 Å². The fourth-order valence-electron chi connectivity index (χ4n) is 2.41. The van der Waals surface area contributed by atoms with E-state index in [0.29, 0.717) is 5.69 Å². The van der Waals surface area contributed by atoms with Gasteiger partial charge in [-0.3, -0.25) is 5.10 Å². The third-order valence-electron chi connectivity index (χ3n) is 3.54. The van der Waals surface area contributed by atoms with Gasteiger partial charge < -0.3 is 0 Å². The molecular formula is C16H14FN3O2S. The van der Waals surface area contributed by atoms with Crippen molar-refractivity contribution in [3.05, 3.63) is 60.0 Å². The molecule has 3 N–H and O–H groups in total. The first-order valence-corrected chi connectivity index (χ1v) is 8.35. The molecule has 0 unspecified atom stereocenters. The van der Waals surface area contributed by atoms with Gasteiger partial charge in [-0.2, -0.15) is 5.10 Å². The van der Waals surface area contributed by atoms with Crippen LogP contribution in [0.4, 0.5) is 4.39 Å². The number of nitrogens with two attached hydrogens (primary N) is 1. The molecule has 5 nitrogen and oxygen atoms in total. The Bertz CT molecular complexity index is 946. The first-order chi connectivity index (χ1) is 10.9. The van der Waals surface area contributed by atoms with Crippen LogP contribution in [0.5, 0.6) is 0 Å². The summed E-state index contributed by atoms with van der Waals surface area (Å²) in [5.41, 5.74) is 3.89. The van der Waals surface area contributed by atoms with Crippen molar-refractivity contribution in [3.8, 4) is 22.4 Å². The number of aromatic nitrogens is 2. The molecule has 118 valence electrons. The average molecular weight is 331 g/mol. The van der Waals surface area contributed by atoms with Gasteiger partial charge in [0.15, 0.2) is 0 Å². The average Bonchev–Trinajstić information content (AvgIpc) is 2.89. The molecule has 0 atom stereocenters. The molecule has 0 fully saturated rings. The molecule has 1 heterocycles. The van der Waals surface area contributed by atoms with Gasteiger partial charge in [-0.1, -0.05) is 12.1 Å². The van der Waals surface area contributed by atoms with Crippen LogP contribution < -0.4 is 5.14 Å². The topological polar surface area (TPSA) is 88.8 Å². The zero-order valence-electron chi connectivity index (χ0n) is 12.2. The van der Waals surface area contributed by atoms with Crippen molar-refractivity contribution in [1.29, 1.82) is 0 Å². The predicted molar refractivity (Wildman–Crippen MR) is 85.5 cm³/mol. The lowest BCUT2D eigenvalue weighted by molar-refractivity contribution is 0.598. The summed E-state index contributed by atoms with van der Waals surface area (Å²) in [6.45, 7) is 1.86. The molecule has 2 aromatic carbocycles. The molecule has 3 aromatic rings. The minimum Gasteiger partial charge on any atom is -0.282 e. The number of halogens is 1. The number of aromatic amines is 1. The van der Waals surface area contributed by atoms with E-state index >= 15 is 0 Å². The number of hydrogen-bond acceptors (Lipinski definition) is 3. The highest BCUT2D eigenvalue weighted by molar-refractivity contribution is 7.89. The predicted octanol–water partition coefficient (Wildman–Crippen LogP) is 2.84. The zero-order chi connectivity index (χ0) is 16.6. The summed E-state index contributed by atoms with van der Waals surface area (Å²) in [5, 5.41) is 12.3. The fourth-order valence-corrected chi connectivity index (χ4v) is 2.93. The summed E-state index contributed by atoms with van der Waals surface area (Å²) in [6.07, 6.45) is 0. The molecule has 0 aliphatic heterocycles. The van der Waals surface area contributed by atoms with Crippen molar-refractivity contribution in [2.24, 2.45) is 5.14 Å². The van der Waals surface area contributed by atoms with E-state index in [2.05, 4.69) is 10.2 Å². The van der Waals surface area contributed by atoms with Gasteiger partial charge in [-0.05, 0) is 48.9 Å². The van der Waals surface area contributed by atoms with E-state index in [9.17, 15) is 12.8 Å². The molecule has 0 saturated carbocycles. The van der Waals surface area contributed by atoms with Gasteiger partial charge in [0, 0.05) is 16.8 Å². The smallest absolute Gasteiger partial charge is 0.238 e. The van der Waals surface area contributed by atoms with Crippen molar-refractivity contribution < 1.29 is 12.8 Å². The number of sulfonamides is 1. The standard InChI is InChI=1S/C16H14FN3O2S/c1-10-15(11-4-8-14(9-5-11)23(18,21)22)16(20-19-10)12-2-6-13(17)7-3-12/h2-9H,1H3,(H,19,20)(H2,18,21,22). The maximum Gasteiger partial charge on any atom is 0.238 e. The highest BCUT2D eigenvalue weighted by atomic mass is 32.2. The summed E-state index contributed by atoms with van der Waals surface area (Å²) < 4.78 is 35.8. The highest BCUT2D eigenvalue weighted by Gasteiger charge is 2.15. The van der Waals surface area contributed by atoms with E-state index in [0.717, 1.165) is 22.4 Å². The number of primary sulfonamides is 1. The molecule has 23 heavy (non-hydrogen) atoms. The number of hydrogen-bond donors (Lipinski definition) is 2. The Labute approximate surface area is 133 Å². The second kappa shape index (κ2) is 5.60. The number of nitrogens with one attached hydrogen (secondary N) is 1. The monoisotopic (exact) mass is 331 g/mol. The van der Waals surface area contributed by atoms with E-state index in [-0.39, 0.29) is 10.7 Å². The molecular weight excluding hydrogens is 317 g/mol. The Kier molecular flexibility index (Phi) is 3.75. The Balaban J connectivity index is 2.10. The first-order valence-electron chi connectivity index (χ1n) is 6.80. The van der Waals surface area contributed by atoms with Crippen LogP contribution in [0, 0.1) is 12.7 Å². The van der Waals surface area contributed by atoms with Gasteiger partial charge in [0.2, 0.25) is 10.0 Å². The largest absolute Gasteiger partial charge is 0.282 e. The molecule has 0 bridgehead atoms. The zero-order valence-corrected chi connectivity index (χ0v) is 13.1. The molecule has 0 radical (unpaired) electrons. The van der Waals surface area contributed by atoms with Crippen LogP contribution in [0.3, 0.4) is 0 Å². The lowest BCUT2D eigenvalue weighted by atomic mass is 9.99. The lowest BCUT2D eigenvalue weighted by Crippen LogP contribution is -2.11. The van der Waals surface area contributed by atoms with Crippen LogP contribution in [0.1, 0.15) is 5.69 Å². The molecule has 1 aromatic heterocycles. The maximum absolute atomic E-state index is 13.1. The summed E-state index contributed by atoms with van der Waals surface area (Å²) in [7, 11) is -3.73. The van der Waals surface area contributed by atoms with Crippen LogP contribution in [-0.2, 0) is 10.0 Å². The van der Waals surface area contributed by atoms with Gasteiger partial charge in [0.05, 0.1) is 4.90 Å². The molecule has 0 aliphatic carbocycles. The second-order valence-electron chi connectivity index (χ2n) is 5.15. The van der Waals surface area contributed by atoms with Crippen molar-refractivity contribution in [1.82, 2.24) is 10.2 Å². The van der Waals surface area contributed by atoms with Crippen LogP contribution in [0.15, 0.2) is 53.4 Å². The van der Waals surface area contributed by atoms with Crippen molar-refractivity contribution in [3.63, 3.8) is 0 Å². The SMILES string of the molecule is Cc1[nH]nc(-c2ccc(F)cc2)c1-c1ccc(S(N)(=O)=O)cc1. The second-order valence-corrected chi connectivity index (χ2v) is 6.71. The van der Waals surface area contributed by atoms with Crippen LogP contribution >= 0.6 is 0 Å². The van der Waals surface area contributed by atoms with Crippen molar-refractivity contribution in [2.45, 2.75) is 11.8 Å². The molecule has 0 spiro atoms. The Morgan fingerprint density at radius 3 is 2.13 bits per heavy atom.